The predicted molar refractivity (Wildman–Crippen MR) is 140 cm³/mol. The van der Waals surface area contributed by atoms with Crippen LogP contribution in [-0.4, -0.2) is 83.2 Å². The van der Waals surface area contributed by atoms with Gasteiger partial charge in [-0.25, -0.2) is 14.8 Å². The number of rotatable bonds is 10. The zero-order chi connectivity index (χ0) is 26.2. The molecule has 4 rings (SSSR count). The summed E-state index contributed by atoms with van der Waals surface area (Å²) < 4.78 is 5.85. The van der Waals surface area contributed by atoms with Crippen LogP contribution in [0.1, 0.15) is 37.3 Å². The molecular weight excluding hydrogens is 470 g/mol. The van der Waals surface area contributed by atoms with E-state index in [0.29, 0.717) is 32.7 Å². The Balaban J connectivity index is 1.47. The number of hydrazine groups is 1. The van der Waals surface area contributed by atoms with Gasteiger partial charge in [0.05, 0.1) is 26.3 Å². The van der Waals surface area contributed by atoms with Crippen molar-refractivity contribution < 1.29 is 19.1 Å². The fourth-order valence-corrected chi connectivity index (χ4v) is 4.97. The summed E-state index contributed by atoms with van der Waals surface area (Å²) in [5.41, 5.74) is 2.06. The molecule has 2 heterocycles. The number of carbonyl (C=O) groups excluding carboxylic acids is 3. The molecule has 0 aliphatic carbocycles. The molecule has 4 amide bonds. The quantitative estimate of drug-likeness (QED) is 0.500. The first kappa shape index (κ1) is 26.6. The second kappa shape index (κ2) is 12.7. The van der Waals surface area contributed by atoms with Crippen molar-refractivity contribution in [3.63, 3.8) is 0 Å². The highest BCUT2D eigenvalue weighted by atomic mass is 16.5. The van der Waals surface area contributed by atoms with Crippen molar-refractivity contribution in [3.8, 4) is 0 Å². The Hall–Kier alpha value is -3.43. The molecule has 0 spiro atoms. The zero-order valence-electron chi connectivity index (χ0n) is 21.7. The van der Waals surface area contributed by atoms with Gasteiger partial charge in [0, 0.05) is 20.1 Å². The number of nitrogens with zero attached hydrogens (tertiary/aromatic N) is 4. The van der Waals surface area contributed by atoms with Crippen LogP contribution in [0, 0.1) is 0 Å². The van der Waals surface area contributed by atoms with Gasteiger partial charge in [-0.05, 0) is 17.5 Å². The lowest BCUT2D eigenvalue weighted by Crippen LogP contribution is -2.76. The highest BCUT2D eigenvalue weighted by molar-refractivity contribution is 5.91. The molecule has 0 radical (unpaired) electrons. The maximum atomic E-state index is 13.5. The van der Waals surface area contributed by atoms with Gasteiger partial charge >= 0.3 is 6.03 Å². The van der Waals surface area contributed by atoms with E-state index in [0.717, 1.165) is 24.0 Å². The van der Waals surface area contributed by atoms with Gasteiger partial charge in [0.1, 0.15) is 12.2 Å². The molecule has 1 unspecified atom stereocenters. The topological polar surface area (TPSA) is 85.4 Å². The van der Waals surface area contributed by atoms with Crippen molar-refractivity contribution >= 4 is 17.8 Å². The molecule has 9 heteroatoms. The molecule has 198 valence electrons. The van der Waals surface area contributed by atoms with Gasteiger partial charge in [-0.15, -0.1) is 0 Å². The fraction of sp³-hybridized carbons (Fsp3) is 0.464. The standard InChI is InChI=1S/C28H37N5O4/c1-3-4-15-24-27(35)31(16-17-37-21-23-13-9-6-10-14-23)19-25-32(24)26(34)20-30(2)33(25)28(36)29-18-22-11-7-5-8-12-22/h5-14,24-25H,3-4,15-21H2,1-2H3,(H,29,36)/t24?,25-/m0/s1. The number of urea groups is 1. The SMILES string of the molecule is CCCCC1C(=O)N(CCOCc2ccccc2)C[C@H]2N1C(=O)CN(C)N2C(=O)NCc1ccccc1. The molecule has 2 aliphatic heterocycles. The highest BCUT2D eigenvalue weighted by Gasteiger charge is 2.50. The van der Waals surface area contributed by atoms with E-state index in [4.69, 9.17) is 4.74 Å². The summed E-state index contributed by atoms with van der Waals surface area (Å²) in [5, 5.41) is 6.22. The molecule has 0 saturated carbocycles. The number of nitrogens with one attached hydrogen (secondary N) is 1. The van der Waals surface area contributed by atoms with Crippen molar-refractivity contribution in [1.82, 2.24) is 25.1 Å². The van der Waals surface area contributed by atoms with Gasteiger partial charge in [0.25, 0.3) is 0 Å². The van der Waals surface area contributed by atoms with E-state index in [9.17, 15) is 14.4 Å². The van der Waals surface area contributed by atoms with Crippen LogP contribution in [0.2, 0.25) is 0 Å². The lowest BCUT2D eigenvalue weighted by molar-refractivity contribution is -0.188. The highest BCUT2D eigenvalue weighted by Crippen LogP contribution is 2.28. The number of likely N-dealkylation sites (N-methyl/N-ethyl adjacent to an activating group) is 1. The van der Waals surface area contributed by atoms with Crippen LogP contribution < -0.4 is 5.32 Å². The zero-order valence-corrected chi connectivity index (χ0v) is 21.7. The van der Waals surface area contributed by atoms with Gasteiger partial charge in [-0.2, -0.15) is 0 Å². The first-order valence-electron chi connectivity index (χ1n) is 13.0. The third-order valence-electron chi connectivity index (χ3n) is 6.88. The van der Waals surface area contributed by atoms with Crippen molar-refractivity contribution in [2.75, 3.05) is 33.3 Å². The molecule has 2 saturated heterocycles. The van der Waals surface area contributed by atoms with E-state index < -0.39 is 12.2 Å². The molecule has 9 nitrogen and oxygen atoms in total. The van der Waals surface area contributed by atoms with Gasteiger partial charge < -0.3 is 19.9 Å². The maximum absolute atomic E-state index is 13.5. The molecule has 0 bridgehead atoms. The Morgan fingerprint density at radius 3 is 2.38 bits per heavy atom. The smallest absolute Gasteiger partial charge is 0.334 e. The summed E-state index contributed by atoms with van der Waals surface area (Å²) in [6, 6.07) is 18.7. The first-order chi connectivity index (χ1) is 18.0. The number of hydrogen-bond acceptors (Lipinski definition) is 5. The molecule has 2 atom stereocenters. The molecule has 1 N–H and O–H groups in total. The largest absolute Gasteiger partial charge is 0.375 e. The average Bonchev–Trinajstić information content (AvgIpc) is 2.91. The molecule has 2 aromatic carbocycles. The van der Waals surface area contributed by atoms with E-state index in [1.807, 2.05) is 60.7 Å². The number of hydrogen-bond donors (Lipinski definition) is 1. The second-order valence-electron chi connectivity index (χ2n) is 9.57. The van der Waals surface area contributed by atoms with Gasteiger partial charge in [0.2, 0.25) is 11.8 Å². The number of unbranched alkanes of at least 4 members (excludes halogenated alkanes) is 1. The summed E-state index contributed by atoms with van der Waals surface area (Å²) >= 11 is 0. The Bertz CT molecular complexity index is 1050. The lowest BCUT2D eigenvalue weighted by atomic mass is 10.0. The monoisotopic (exact) mass is 507 g/mol. The summed E-state index contributed by atoms with van der Waals surface area (Å²) in [6.07, 6.45) is 1.73. The van der Waals surface area contributed by atoms with E-state index in [2.05, 4.69) is 12.2 Å². The molecule has 37 heavy (non-hydrogen) atoms. The third kappa shape index (κ3) is 6.47. The molecule has 2 aromatic rings. The van der Waals surface area contributed by atoms with Crippen LogP contribution in [0.4, 0.5) is 4.79 Å². The summed E-state index contributed by atoms with van der Waals surface area (Å²) in [7, 11) is 1.74. The maximum Gasteiger partial charge on any atom is 0.334 e. The number of amides is 4. The van der Waals surface area contributed by atoms with Gasteiger partial charge in [0.15, 0.2) is 0 Å². The molecule has 2 aliphatic rings. The van der Waals surface area contributed by atoms with Crippen molar-refractivity contribution in [2.24, 2.45) is 0 Å². The fourth-order valence-electron chi connectivity index (χ4n) is 4.97. The van der Waals surface area contributed by atoms with E-state index in [1.54, 1.807) is 26.9 Å². The Kier molecular flexibility index (Phi) is 9.14. The Morgan fingerprint density at radius 1 is 1.03 bits per heavy atom. The summed E-state index contributed by atoms with van der Waals surface area (Å²) in [5.74, 6) is -0.204. The van der Waals surface area contributed by atoms with Crippen LogP contribution in [0.25, 0.3) is 0 Å². The van der Waals surface area contributed by atoms with E-state index in [-0.39, 0.29) is 30.9 Å². The normalized spacial score (nSPS) is 20.2. The van der Waals surface area contributed by atoms with Crippen LogP contribution in [0.15, 0.2) is 60.7 Å². The summed E-state index contributed by atoms with van der Waals surface area (Å²) in [4.78, 5) is 43.4. The number of ether oxygens (including phenoxy) is 1. The molecular formula is C28H37N5O4. The average molecular weight is 508 g/mol. The van der Waals surface area contributed by atoms with Crippen LogP contribution in [0.5, 0.6) is 0 Å². The molecule has 0 aromatic heterocycles. The number of carbonyl (C=O) groups is 3. The van der Waals surface area contributed by atoms with Crippen LogP contribution in [-0.2, 0) is 27.5 Å². The summed E-state index contributed by atoms with van der Waals surface area (Å²) in [6.45, 7) is 3.96. The minimum Gasteiger partial charge on any atom is -0.375 e. The van der Waals surface area contributed by atoms with E-state index in [1.165, 1.54) is 0 Å². The number of piperazine rings is 1. The molecule has 2 fully saturated rings. The van der Waals surface area contributed by atoms with Crippen molar-refractivity contribution in [1.29, 1.82) is 0 Å². The first-order valence-corrected chi connectivity index (χ1v) is 13.0. The predicted octanol–water partition coefficient (Wildman–Crippen LogP) is 2.83. The van der Waals surface area contributed by atoms with Crippen molar-refractivity contribution in [3.05, 3.63) is 71.8 Å². The third-order valence-corrected chi connectivity index (χ3v) is 6.88. The van der Waals surface area contributed by atoms with Crippen LogP contribution >= 0.6 is 0 Å². The lowest BCUT2D eigenvalue weighted by Gasteiger charge is -2.54. The van der Waals surface area contributed by atoms with Crippen molar-refractivity contribution in [2.45, 2.75) is 51.5 Å². The Morgan fingerprint density at radius 2 is 1.70 bits per heavy atom. The number of fused-ring (bicyclic) bond motifs is 1. The van der Waals surface area contributed by atoms with Gasteiger partial charge in [-0.1, -0.05) is 80.4 Å². The Labute approximate surface area is 218 Å². The van der Waals surface area contributed by atoms with E-state index >= 15 is 0 Å². The minimum absolute atomic E-state index is 0.0470. The minimum atomic E-state index is -0.585. The van der Waals surface area contributed by atoms with Crippen LogP contribution in [0.3, 0.4) is 0 Å². The second-order valence-corrected chi connectivity index (χ2v) is 9.57. The van der Waals surface area contributed by atoms with Gasteiger partial charge in [-0.3, -0.25) is 9.59 Å². The number of benzene rings is 2.